The summed E-state index contributed by atoms with van der Waals surface area (Å²) in [5, 5.41) is 6.25. The van der Waals surface area contributed by atoms with Crippen LogP contribution in [0.25, 0.3) is 11.3 Å². The average Bonchev–Trinajstić information content (AvgIpc) is 3.02. The lowest BCUT2D eigenvalue weighted by Crippen LogP contribution is -2.25. The molecule has 0 spiro atoms. The molecule has 1 aromatic heterocycles. The number of hydrogen-bond acceptors (Lipinski definition) is 3. The zero-order valence-corrected chi connectivity index (χ0v) is 11.9. The fraction of sp³-hybridized carbons (Fsp3) is 0.0588. The van der Waals surface area contributed by atoms with Crippen molar-refractivity contribution >= 4 is 5.91 Å². The van der Waals surface area contributed by atoms with Crippen LogP contribution >= 0.6 is 0 Å². The number of nitrogens with zero attached hydrogens (tertiary/aromatic N) is 1. The van der Waals surface area contributed by atoms with Crippen molar-refractivity contribution in [3.05, 3.63) is 77.5 Å². The molecule has 23 heavy (non-hydrogen) atoms. The summed E-state index contributed by atoms with van der Waals surface area (Å²) in [6.45, 7) is 0.00292. The molecule has 0 unspecified atom stereocenters. The molecule has 0 aliphatic carbocycles. The number of benzene rings is 2. The molecule has 1 N–H and O–H groups in total. The minimum Gasteiger partial charge on any atom is -0.356 e. The summed E-state index contributed by atoms with van der Waals surface area (Å²) in [6, 6.07) is 14.2. The van der Waals surface area contributed by atoms with E-state index < -0.39 is 23.1 Å². The number of aromatic nitrogens is 1. The van der Waals surface area contributed by atoms with Crippen molar-refractivity contribution in [1.82, 2.24) is 10.5 Å². The first-order valence-corrected chi connectivity index (χ1v) is 6.88. The Hall–Kier alpha value is -3.02. The molecule has 0 fully saturated rings. The Morgan fingerprint density at radius 2 is 1.74 bits per heavy atom. The molecule has 4 nitrogen and oxygen atoms in total. The van der Waals surface area contributed by atoms with Crippen LogP contribution in [0.15, 0.2) is 59.1 Å². The molecule has 0 aliphatic heterocycles. The number of hydrogen-bond donors (Lipinski definition) is 1. The second-order valence-corrected chi connectivity index (χ2v) is 4.83. The third kappa shape index (κ3) is 3.26. The van der Waals surface area contributed by atoms with E-state index in [9.17, 15) is 13.6 Å². The van der Waals surface area contributed by atoms with Gasteiger partial charge in [-0.05, 0) is 12.1 Å². The lowest BCUT2D eigenvalue weighted by Gasteiger charge is -2.05. The van der Waals surface area contributed by atoms with Crippen LogP contribution in [0.5, 0.6) is 0 Å². The second-order valence-electron chi connectivity index (χ2n) is 4.83. The predicted molar refractivity (Wildman–Crippen MR) is 79.5 cm³/mol. The summed E-state index contributed by atoms with van der Waals surface area (Å²) >= 11 is 0. The third-order valence-electron chi connectivity index (χ3n) is 3.24. The van der Waals surface area contributed by atoms with Crippen LogP contribution in [-0.4, -0.2) is 11.1 Å². The smallest absolute Gasteiger partial charge is 0.257 e. The molecule has 116 valence electrons. The maximum atomic E-state index is 13.5. The molecule has 0 atom stereocenters. The standard InChI is InChI=1S/C17H12F2N2O2/c18-13-7-4-8-14(19)16(13)17(22)20-10-12-9-15(23-21-12)11-5-2-1-3-6-11/h1-9H,10H2,(H,20,22). The van der Waals surface area contributed by atoms with Gasteiger partial charge < -0.3 is 9.84 Å². The second kappa shape index (κ2) is 6.39. The van der Waals surface area contributed by atoms with Gasteiger partial charge in [-0.15, -0.1) is 0 Å². The van der Waals surface area contributed by atoms with Gasteiger partial charge in [-0.1, -0.05) is 41.6 Å². The molecule has 0 saturated carbocycles. The van der Waals surface area contributed by atoms with Gasteiger partial charge in [-0.3, -0.25) is 4.79 Å². The van der Waals surface area contributed by atoms with E-state index in [0.717, 1.165) is 17.7 Å². The van der Waals surface area contributed by atoms with E-state index in [1.54, 1.807) is 6.07 Å². The summed E-state index contributed by atoms with van der Waals surface area (Å²) in [4.78, 5) is 11.9. The maximum Gasteiger partial charge on any atom is 0.257 e. The van der Waals surface area contributed by atoms with Gasteiger partial charge >= 0.3 is 0 Å². The highest BCUT2D eigenvalue weighted by atomic mass is 19.1. The molecule has 0 aliphatic rings. The molecular weight excluding hydrogens is 302 g/mol. The van der Waals surface area contributed by atoms with E-state index in [4.69, 9.17) is 4.52 Å². The van der Waals surface area contributed by atoms with E-state index in [1.165, 1.54) is 6.07 Å². The molecule has 2 aromatic carbocycles. The van der Waals surface area contributed by atoms with Gasteiger partial charge in [0, 0.05) is 11.6 Å². The fourth-order valence-corrected chi connectivity index (χ4v) is 2.11. The van der Waals surface area contributed by atoms with E-state index in [1.807, 2.05) is 30.3 Å². The van der Waals surface area contributed by atoms with Gasteiger partial charge in [0.1, 0.15) is 22.9 Å². The Kier molecular flexibility index (Phi) is 4.14. The zero-order chi connectivity index (χ0) is 16.2. The van der Waals surface area contributed by atoms with Crippen molar-refractivity contribution in [2.75, 3.05) is 0 Å². The van der Waals surface area contributed by atoms with Crippen LogP contribution in [-0.2, 0) is 6.54 Å². The topological polar surface area (TPSA) is 55.1 Å². The molecular formula is C17H12F2N2O2. The lowest BCUT2D eigenvalue weighted by atomic mass is 10.1. The summed E-state index contributed by atoms with van der Waals surface area (Å²) in [6.07, 6.45) is 0. The van der Waals surface area contributed by atoms with Crippen LogP contribution in [0.3, 0.4) is 0 Å². The van der Waals surface area contributed by atoms with Gasteiger partial charge in [-0.2, -0.15) is 0 Å². The molecule has 0 saturated heterocycles. The Morgan fingerprint density at radius 3 is 2.43 bits per heavy atom. The number of rotatable bonds is 4. The number of amides is 1. The van der Waals surface area contributed by atoms with E-state index in [2.05, 4.69) is 10.5 Å². The highest BCUT2D eigenvalue weighted by molar-refractivity contribution is 5.94. The van der Waals surface area contributed by atoms with Crippen molar-refractivity contribution in [1.29, 1.82) is 0 Å². The monoisotopic (exact) mass is 314 g/mol. The van der Waals surface area contributed by atoms with Crippen molar-refractivity contribution in [3.63, 3.8) is 0 Å². The van der Waals surface area contributed by atoms with Gasteiger partial charge in [0.2, 0.25) is 0 Å². The Morgan fingerprint density at radius 1 is 1.04 bits per heavy atom. The highest BCUT2D eigenvalue weighted by Crippen LogP contribution is 2.19. The molecule has 0 bridgehead atoms. The number of halogens is 2. The normalized spacial score (nSPS) is 10.5. The maximum absolute atomic E-state index is 13.5. The van der Waals surface area contributed by atoms with E-state index in [0.29, 0.717) is 11.5 Å². The van der Waals surface area contributed by atoms with Crippen LogP contribution in [0.2, 0.25) is 0 Å². The quantitative estimate of drug-likeness (QED) is 0.801. The van der Waals surface area contributed by atoms with Crippen molar-refractivity contribution in [3.8, 4) is 11.3 Å². The lowest BCUT2D eigenvalue weighted by molar-refractivity contribution is 0.0941. The molecule has 3 rings (SSSR count). The largest absolute Gasteiger partial charge is 0.356 e. The van der Waals surface area contributed by atoms with Crippen molar-refractivity contribution < 1.29 is 18.1 Å². The van der Waals surface area contributed by atoms with E-state index in [-0.39, 0.29) is 6.54 Å². The molecule has 0 radical (unpaired) electrons. The first kappa shape index (κ1) is 14.9. The number of carbonyl (C=O) groups excluding carboxylic acids is 1. The zero-order valence-electron chi connectivity index (χ0n) is 11.9. The van der Waals surface area contributed by atoms with Gasteiger partial charge in [0.05, 0.1) is 6.54 Å². The summed E-state index contributed by atoms with van der Waals surface area (Å²) in [7, 11) is 0. The predicted octanol–water partition coefficient (Wildman–Crippen LogP) is 3.55. The minimum absolute atomic E-state index is 0.00292. The van der Waals surface area contributed by atoms with Gasteiger partial charge in [-0.25, -0.2) is 8.78 Å². The van der Waals surface area contributed by atoms with E-state index >= 15 is 0 Å². The third-order valence-corrected chi connectivity index (χ3v) is 3.24. The first-order valence-electron chi connectivity index (χ1n) is 6.88. The first-order chi connectivity index (χ1) is 11.1. The molecule has 3 aromatic rings. The van der Waals surface area contributed by atoms with Gasteiger partial charge in [0.25, 0.3) is 5.91 Å². The average molecular weight is 314 g/mol. The Labute approximate surface area is 130 Å². The SMILES string of the molecule is O=C(NCc1cc(-c2ccccc2)on1)c1c(F)cccc1F. The van der Waals surface area contributed by atoms with Crippen LogP contribution in [0, 0.1) is 11.6 Å². The Bertz CT molecular complexity index is 811. The minimum atomic E-state index is -0.910. The number of nitrogens with one attached hydrogen (secondary N) is 1. The van der Waals surface area contributed by atoms with Gasteiger partial charge in [0.15, 0.2) is 5.76 Å². The van der Waals surface area contributed by atoms with Crippen LogP contribution < -0.4 is 5.32 Å². The fourth-order valence-electron chi connectivity index (χ4n) is 2.11. The van der Waals surface area contributed by atoms with Crippen LogP contribution in [0.4, 0.5) is 8.78 Å². The highest BCUT2D eigenvalue weighted by Gasteiger charge is 2.17. The summed E-state index contributed by atoms with van der Waals surface area (Å²) in [5.41, 5.74) is 0.686. The Balaban J connectivity index is 1.70. The summed E-state index contributed by atoms with van der Waals surface area (Å²) in [5.74, 6) is -2.11. The van der Waals surface area contributed by atoms with Crippen molar-refractivity contribution in [2.45, 2.75) is 6.54 Å². The summed E-state index contributed by atoms with van der Waals surface area (Å²) < 4.78 is 32.2. The molecule has 6 heteroatoms. The van der Waals surface area contributed by atoms with Crippen LogP contribution in [0.1, 0.15) is 16.1 Å². The molecule has 1 amide bonds. The van der Waals surface area contributed by atoms with Crippen molar-refractivity contribution in [2.24, 2.45) is 0 Å². The number of carbonyl (C=O) groups is 1. The molecule has 1 heterocycles.